The Morgan fingerprint density at radius 3 is 2.65 bits per heavy atom. The molecular formula is C11H10ClF3N2. The molecule has 0 amide bonds. The largest absolute Gasteiger partial charge is 0.416 e. The zero-order chi connectivity index (χ0) is 12.5. The quantitative estimate of drug-likeness (QED) is 0.871. The molecule has 0 spiro atoms. The maximum atomic E-state index is 12.4. The molecule has 2 nitrogen and oxygen atoms in total. The normalized spacial score (nSPS) is 15.6. The third kappa shape index (κ3) is 2.91. The summed E-state index contributed by atoms with van der Waals surface area (Å²) in [4.78, 5) is 4.17. The average Bonchev–Trinajstić information content (AvgIpc) is 2.72. The van der Waals surface area contributed by atoms with Crippen molar-refractivity contribution in [3.05, 3.63) is 34.3 Å². The van der Waals surface area contributed by atoms with Crippen molar-refractivity contribution in [3.63, 3.8) is 0 Å². The van der Waals surface area contributed by atoms with Crippen LogP contribution in [0.15, 0.2) is 23.2 Å². The fourth-order valence-corrected chi connectivity index (χ4v) is 1.86. The minimum absolute atomic E-state index is 0.122. The van der Waals surface area contributed by atoms with Gasteiger partial charge in [-0.3, -0.25) is 4.99 Å². The van der Waals surface area contributed by atoms with E-state index in [2.05, 4.69) is 10.3 Å². The van der Waals surface area contributed by atoms with Crippen molar-refractivity contribution in [1.29, 1.82) is 0 Å². The highest BCUT2D eigenvalue weighted by atomic mass is 35.5. The van der Waals surface area contributed by atoms with Crippen LogP contribution in [0.25, 0.3) is 0 Å². The number of halogens is 4. The molecular weight excluding hydrogens is 253 g/mol. The molecule has 0 aromatic heterocycles. The maximum Gasteiger partial charge on any atom is 0.416 e. The zero-order valence-electron chi connectivity index (χ0n) is 8.81. The van der Waals surface area contributed by atoms with Gasteiger partial charge in [0.2, 0.25) is 0 Å². The summed E-state index contributed by atoms with van der Waals surface area (Å²) in [7, 11) is 0. The molecule has 1 N–H and O–H groups in total. The van der Waals surface area contributed by atoms with Crippen molar-refractivity contribution in [3.8, 4) is 0 Å². The zero-order valence-corrected chi connectivity index (χ0v) is 9.57. The Labute approximate surface area is 101 Å². The highest BCUT2D eigenvalue weighted by molar-refractivity contribution is 6.31. The van der Waals surface area contributed by atoms with E-state index in [-0.39, 0.29) is 5.02 Å². The Hall–Kier alpha value is -1.23. The number of rotatable bonds is 2. The lowest BCUT2D eigenvalue weighted by atomic mass is 10.1. The fraction of sp³-hybridized carbons (Fsp3) is 0.364. The van der Waals surface area contributed by atoms with Crippen LogP contribution in [0, 0.1) is 0 Å². The topological polar surface area (TPSA) is 24.4 Å². The second-order valence-electron chi connectivity index (χ2n) is 3.74. The molecule has 1 aromatic rings. The molecule has 1 heterocycles. The summed E-state index contributed by atoms with van der Waals surface area (Å²) in [6.07, 6.45) is -3.91. The van der Waals surface area contributed by atoms with Gasteiger partial charge in [0.25, 0.3) is 0 Å². The van der Waals surface area contributed by atoms with Crippen LogP contribution in [0.2, 0.25) is 5.02 Å². The van der Waals surface area contributed by atoms with Gasteiger partial charge in [-0.1, -0.05) is 17.7 Å². The van der Waals surface area contributed by atoms with Crippen LogP contribution in [-0.2, 0) is 12.6 Å². The molecule has 1 aliphatic heterocycles. The van der Waals surface area contributed by atoms with E-state index in [9.17, 15) is 13.2 Å². The van der Waals surface area contributed by atoms with Gasteiger partial charge in [-0.05, 0) is 17.7 Å². The average molecular weight is 263 g/mol. The molecule has 0 saturated carbocycles. The molecule has 6 heteroatoms. The monoisotopic (exact) mass is 262 g/mol. The second-order valence-corrected chi connectivity index (χ2v) is 4.14. The van der Waals surface area contributed by atoms with Gasteiger partial charge in [0, 0.05) is 18.0 Å². The fourth-order valence-electron chi connectivity index (χ4n) is 1.61. The summed E-state index contributed by atoms with van der Waals surface area (Å²) in [5.74, 6) is 0.770. The van der Waals surface area contributed by atoms with E-state index in [1.165, 1.54) is 6.07 Å². The maximum absolute atomic E-state index is 12.4. The van der Waals surface area contributed by atoms with Gasteiger partial charge in [0.05, 0.1) is 12.1 Å². The van der Waals surface area contributed by atoms with Crippen molar-refractivity contribution < 1.29 is 13.2 Å². The SMILES string of the molecule is FC(F)(F)c1ccc(CC2=NCCN2)c(Cl)c1. The van der Waals surface area contributed by atoms with Gasteiger partial charge < -0.3 is 5.32 Å². The molecule has 92 valence electrons. The van der Waals surface area contributed by atoms with Crippen molar-refractivity contribution in [1.82, 2.24) is 5.32 Å². The first-order valence-corrected chi connectivity index (χ1v) is 5.47. The lowest BCUT2D eigenvalue weighted by Crippen LogP contribution is -2.20. The number of alkyl halides is 3. The van der Waals surface area contributed by atoms with Gasteiger partial charge in [0.15, 0.2) is 0 Å². The number of nitrogens with one attached hydrogen (secondary N) is 1. The predicted molar refractivity (Wildman–Crippen MR) is 60.5 cm³/mol. The summed E-state index contributed by atoms with van der Waals surface area (Å²) in [5, 5.41) is 3.17. The third-order valence-corrected chi connectivity index (χ3v) is 2.83. The molecule has 1 aromatic carbocycles. The van der Waals surface area contributed by atoms with Crippen molar-refractivity contribution >= 4 is 17.4 Å². The van der Waals surface area contributed by atoms with Crippen molar-refractivity contribution in [2.24, 2.45) is 4.99 Å². The van der Waals surface area contributed by atoms with E-state index in [1.807, 2.05) is 0 Å². The first-order chi connectivity index (χ1) is 7.97. The Morgan fingerprint density at radius 1 is 1.35 bits per heavy atom. The highest BCUT2D eigenvalue weighted by Gasteiger charge is 2.30. The second kappa shape index (κ2) is 4.56. The smallest absolute Gasteiger partial charge is 0.372 e. The number of hydrogen-bond acceptors (Lipinski definition) is 2. The van der Waals surface area contributed by atoms with Crippen LogP contribution in [-0.4, -0.2) is 18.9 Å². The lowest BCUT2D eigenvalue weighted by Gasteiger charge is -2.10. The summed E-state index contributed by atoms with van der Waals surface area (Å²) in [6, 6.07) is 3.39. The first kappa shape index (κ1) is 12.2. The molecule has 2 rings (SSSR count). The van der Waals surface area contributed by atoms with Crippen LogP contribution in [0.3, 0.4) is 0 Å². The Morgan fingerprint density at radius 2 is 2.12 bits per heavy atom. The number of aliphatic imine (C=N–C) groups is 1. The van der Waals surface area contributed by atoms with Gasteiger partial charge in [-0.15, -0.1) is 0 Å². The number of hydrogen-bond donors (Lipinski definition) is 1. The predicted octanol–water partition coefficient (Wildman–Crippen LogP) is 2.90. The summed E-state index contributed by atoms with van der Waals surface area (Å²) in [6.45, 7) is 1.47. The molecule has 0 bridgehead atoms. The Bertz CT molecular complexity index is 455. The highest BCUT2D eigenvalue weighted by Crippen LogP contribution is 2.32. The molecule has 0 aliphatic carbocycles. The molecule has 0 saturated heterocycles. The van der Waals surface area contributed by atoms with E-state index >= 15 is 0 Å². The van der Waals surface area contributed by atoms with Crippen LogP contribution in [0.1, 0.15) is 11.1 Å². The van der Waals surface area contributed by atoms with Crippen LogP contribution < -0.4 is 5.32 Å². The molecule has 0 unspecified atom stereocenters. The van der Waals surface area contributed by atoms with Crippen LogP contribution in [0.4, 0.5) is 13.2 Å². The summed E-state index contributed by atoms with van der Waals surface area (Å²) < 4.78 is 37.2. The number of benzene rings is 1. The first-order valence-electron chi connectivity index (χ1n) is 5.09. The summed E-state index contributed by atoms with van der Waals surface area (Å²) in [5.41, 5.74) is -0.0830. The van der Waals surface area contributed by atoms with Gasteiger partial charge in [-0.2, -0.15) is 13.2 Å². The van der Waals surface area contributed by atoms with Crippen molar-refractivity contribution in [2.75, 3.05) is 13.1 Å². The molecule has 17 heavy (non-hydrogen) atoms. The lowest BCUT2D eigenvalue weighted by molar-refractivity contribution is -0.137. The van der Waals surface area contributed by atoms with Crippen LogP contribution in [0.5, 0.6) is 0 Å². The van der Waals surface area contributed by atoms with Gasteiger partial charge in [-0.25, -0.2) is 0 Å². The summed E-state index contributed by atoms with van der Waals surface area (Å²) >= 11 is 5.83. The molecule has 0 radical (unpaired) electrons. The standard InChI is InChI=1S/C11H10ClF3N2/c12-9-6-8(11(13,14)15)2-1-7(9)5-10-16-3-4-17-10/h1-2,6H,3-5H2,(H,16,17). The number of amidine groups is 1. The van der Waals surface area contributed by atoms with Gasteiger partial charge >= 0.3 is 6.18 Å². The minimum atomic E-state index is -4.36. The molecule has 0 atom stereocenters. The Balaban J connectivity index is 2.20. The van der Waals surface area contributed by atoms with Crippen molar-refractivity contribution in [2.45, 2.75) is 12.6 Å². The van der Waals surface area contributed by atoms with E-state index in [4.69, 9.17) is 11.6 Å². The minimum Gasteiger partial charge on any atom is -0.372 e. The number of nitrogens with zero attached hydrogens (tertiary/aromatic N) is 1. The van der Waals surface area contributed by atoms with E-state index in [0.29, 0.717) is 18.5 Å². The van der Waals surface area contributed by atoms with E-state index < -0.39 is 11.7 Å². The molecule has 0 fully saturated rings. The third-order valence-electron chi connectivity index (χ3n) is 2.48. The van der Waals surface area contributed by atoms with Crippen LogP contribution >= 0.6 is 11.6 Å². The molecule has 1 aliphatic rings. The van der Waals surface area contributed by atoms with E-state index in [1.54, 1.807) is 0 Å². The Kier molecular flexibility index (Phi) is 3.28. The van der Waals surface area contributed by atoms with Gasteiger partial charge in [0.1, 0.15) is 5.84 Å². The van der Waals surface area contributed by atoms with E-state index in [0.717, 1.165) is 24.5 Å².